The maximum atomic E-state index is 13.5. The van der Waals surface area contributed by atoms with Crippen molar-refractivity contribution in [2.75, 3.05) is 18.0 Å². The zero-order valence-corrected chi connectivity index (χ0v) is 12.4. The predicted octanol–water partition coefficient (Wildman–Crippen LogP) is 2.44. The van der Waals surface area contributed by atoms with Crippen molar-refractivity contribution in [3.8, 4) is 11.4 Å². The molecule has 1 aliphatic rings. The van der Waals surface area contributed by atoms with E-state index in [1.807, 2.05) is 4.90 Å². The number of halogens is 2. The highest BCUT2D eigenvalue weighted by Gasteiger charge is 2.25. The van der Waals surface area contributed by atoms with E-state index < -0.39 is 5.82 Å². The lowest BCUT2D eigenvalue weighted by atomic mass is 9.95. The Hall–Kier alpha value is -1.66. The molecule has 1 saturated heterocycles. The molecule has 2 heterocycles. The fraction of sp³-hybridized carbons (Fsp3) is 0.429. The minimum atomic E-state index is -0.471. The van der Waals surface area contributed by atoms with Crippen molar-refractivity contribution in [2.24, 2.45) is 11.7 Å². The molecule has 112 valence electrons. The standard InChI is InChI=1S/C14H17ClFN5/c1-8-5-6-21(7-11(8)17)14-18-13(19-20-14)9-3-2-4-10(16)12(9)15/h2-4,8,11H,5-7,17H2,1H3,(H,18,19,20). The van der Waals surface area contributed by atoms with Crippen molar-refractivity contribution in [1.29, 1.82) is 0 Å². The summed E-state index contributed by atoms with van der Waals surface area (Å²) in [7, 11) is 0. The van der Waals surface area contributed by atoms with E-state index >= 15 is 0 Å². The Kier molecular flexibility index (Phi) is 3.82. The van der Waals surface area contributed by atoms with Gasteiger partial charge in [0.2, 0.25) is 5.95 Å². The molecule has 21 heavy (non-hydrogen) atoms. The van der Waals surface area contributed by atoms with Crippen LogP contribution in [0.5, 0.6) is 0 Å². The summed E-state index contributed by atoms with van der Waals surface area (Å²) in [4.78, 5) is 6.46. The third-order valence-corrected chi connectivity index (χ3v) is 4.36. The van der Waals surface area contributed by atoms with Crippen molar-refractivity contribution in [3.05, 3.63) is 29.0 Å². The molecule has 1 aromatic carbocycles. The van der Waals surface area contributed by atoms with E-state index in [2.05, 4.69) is 22.1 Å². The molecule has 0 bridgehead atoms. The highest BCUT2D eigenvalue weighted by Crippen LogP contribution is 2.29. The Bertz CT molecular complexity index is 644. The Morgan fingerprint density at radius 2 is 2.29 bits per heavy atom. The first-order valence-corrected chi connectivity index (χ1v) is 7.31. The smallest absolute Gasteiger partial charge is 0.245 e. The van der Waals surface area contributed by atoms with Gasteiger partial charge in [0.05, 0.1) is 5.02 Å². The average Bonchev–Trinajstić information content (AvgIpc) is 2.94. The number of hydrogen-bond donors (Lipinski definition) is 2. The molecule has 0 saturated carbocycles. The molecule has 0 spiro atoms. The van der Waals surface area contributed by atoms with E-state index in [9.17, 15) is 4.39 Å². The van der Waals surface area contributed by atoms with Crippen molar-refractivity contribution in [1.82, 2.24) is 15.2 Å². The fourth-order valence-electron chi connectivity index (χ4n) is 2.48. The minimum absolute atomic E-state index is 0.0455. The molecule has 7 heteroatoms. The number of rotatable bonds is 2. The van der Waals surface area contributed by atoms with Gasteiger partial charge in [-0.25, -0.2) is 4.39 Å². The van der Waals surface area contributed by atoms with E-state index in [0.717, 1.165) is 19.5 Å². The number of nitrogens with one attached hydrogen (secondary N) is 1. The quantitative estimate of drug-likeness (QED) is 0.894. The van der Waals surface area contributed by atoms with Crippen molar-refractivity contribution in [3.63, 3.8) is 0 Å². The van der Waals surface area contributed by atoms with Gasteiger partial charge in [0, 0.05) is 24.7 Å². The third-order valence-electron chi connectivity index (χ3n) is 3.98. The van der Waals surface area contributed by atoms with Crippen LogP contribution in [0.3, 0.4) is 0 Å². The van der Waals surface area contributed by atoms with E-state index in [4.69, 9.17) is 17.3 Å². The molecule has 2 aromatic rings. The van der Waals surface area contributed by atoms with Gasteiger partial charge in [0.15, 0.2) is 5.82 Å². The number of nitrogens with zero attached hydrogens (tertiary/aromatic N) is 3. The zero-order chi connectivity index (χ0) is 15.0. The van der Waals surface area contributed by atoms with Crippen LogP contribution in [0, 0.1) is 11.7 Å². The Labute approximate surface area is 127 Å². The average molecular weight is 310 g/mol. The number of H-pyrrole nitrogens is 1. The Morgan fingerprint density at radius 1 is 1.48 bits per heavy atom. The van der Waals surface area contributed by atoms with Gasteiger partial charge in [-0.1, -0.05) is 24.6 Å². The first kappa shape index (κ1) is 14.3. The Balaban J connectivity index is 1.85. The lowest BCUT2D eigenvalue weighted by molar-refractivity contribution is 0.376. The van der Waals surface area contributed by atoms with E-state index in [1.54, 1.807) is 12.1 Å². The van der Waals surface area contributed by atoms with Crippen LogP contribution >= 0.6 is 11.6 Å². The van der Waals surface area contributed by atoms with Crippen LogP contribution in [0.4, 0.5) is 10.3 Å². The fourth-order valence-corrected chi connectivity index (χ4v) is 2.70. The van der Waals surface area contributed by atoms with Crippen LogP contribution in [0.2, 0.25) is 5.02 Å². The molecule has 0 aliphatic carbocycles. The van der Waals surface area contributed by atoms with Crippen LogP contribution in [0.1, 0.15) is 13.3 Å². The maximum Gasteiger partial charge on any atom is 0.245 e. The maximum absolute atomic E-state index is 13.5. The molecule has 3 N–H and O–H groups in total. The summed E-state index contributed by atoms with van der Waals surface area (Å²) in [6.07, 6.45) is 1.01. The van der Waals surface area contributed by atoms with Crippen LogP contribution < -0.4 is 10.6 Å². The van der Waals surface area contributed by atoms with Gasteiger partial charge in [0.25, 0.3) is 0 Å². The molecule has 5 nitrogen and oxygen atoms in total. The lowest BCUT2D eigenvalue weighted by Gasteiger charge is -2.34. The van der Waals surface area contributed by atoms with E-state index in [1.165, 1.54) is 6.07 Å². The molecule has 3 rings (SSSR count). The topological polar surface area (TPSA) is 70.8 Å². The van der Waals surface area contributed by atoms with E-state index in [-0.39, 0.29) is 11.1 Å². The number of piperidine rings is 1. The van der Waals surface area contributed by atoms with Gasteiger partial charge < -0.3 is 10.6 Å². The molecule has 0 amide bonds. The van der Waals surface area contributed by atoms with Gasteiger partial charge in [-0.05, 0) is 24.5 Å². The summed E-state index contributed by atoms with van der Waals surface area (Å²) in [5.74, 6) is 1.06. The largest absolute Gasteiger partial charge is 0.338 e. The minimum Gasteiger partial charge on any atom is -0.338 e. The molecule has 2 unspecified atom stereocenters. The number of anilines is 1. The van der Waals surface area contributed by atoms with Crippen LogP contribution in [-0.2, 0) is 0 Å². The second kappa shape index (κ2) is 5.61. The second-order valence-corrected chi connectivity index (χ2v) is 5.84. The summed E-state index contributed by atoms with van der Waals surface area (Å²) in [6.45, 7) is 3.73. The summed E-state index contributed by atoms with van der Waals surface area (Å²) in [5.41, 5.74) is 6.59. The number of aromatic amines is 1. The van der Waals surface area contributed by atoms with Gasteiger partial charge in [0.1, 0.15) is 5.82 Å². The number of nitrogens with two attached hydrogens (primary N) is 1. The Morgan fingerprint density at radius 3 is 3.05 bits per heavy atom. The summed E-state index contributed by atoms with van der Waals surface area (Å²) >= 11 is 5.97. The molecule has 1 aromatic heterocycles. The first-order chi connectivity index (χ1) is 10.1. The molecular formula is C14H17ClFN5. The molecule has 0 radical (unpaired) electrons. The SMILES string of the molecule is CC1CCN(c2n[nH]c(-c3cccc(F)c3Cl)n2)CC1N. The normalized spacial score (nSPS) is 22.6. The van der Waals surface area contributed by atoms with Crippen molar-refractivity contribution in [2.45, 2.75) is 19.4 Å². The second-order valence-electron chi connectivity index (χ2n) is 5.46. The van der Waals surface area contributed by atoms with Crippen LogP contribution in [0.25, 0.3) is 11.4 Å². The molecule has 1 fully saturated rings. The molecule has 2 atom stereocenters. The summed E-state index contributed by atoms with van der Waals surface area (Å²) in [5, 5.41) is 7.06. The van der Waals surface area contributed by atoms with Crippen molar-refractivity contribution >= 4 is 17.5 Å². The number of aromatic nitrogens is 3. The first-order valence-electron chi connectivity index (χ1n) is 6.93. The zero-order valence-electron chi connectivity index (χ0n) is 11.7. The van der Waals surface area contributed by atoms with E-state index in [0.29, 0.717) is 23.3 Å². The van der Waals surface area contributed by atoms with Gasteiger partial charge in [-0.3, -0.25) is 5.10 Å². The highest BCUT2D eigenvalue weighted by molar-refractivity contribution is 6.33. The van der Waals surface area contributed by atoms with Gasteiger partial charge in [-0.2, -0.15) is 4.98 Å². The number of hydrogen-bond acceptors (Lipinski definition) is 4. The highest BCUT2D eigenvalue weighted by atomic mass is 35.5. The van der Waals surface area contributed by atoms with Gasteiger partial charge in [-0.15, -0.1) is 5.10 Å². The third kappa shape index (κ3) is 2.73. The summed E-state index contributed by atoms with van der Waals surface area (Å²) in [6, 6.07) is 4.73. The van der Waals surface area contributed by atoms with Gasteiger partial charge >= 0.3 is 0 Å². The van der Waals surface area contributed by atoms with Crippen molar-refractivity contribution < 1.29 is 4.39 Å². The molecule has 1 aliphatic heterocycles. The predicted molar refractivity (Wildman–Crippen MR) is 80.8 cm³/mol. The number of benzene rings is 1. The van der Waals surface area contributed by atoms with Crippen LogP contribution in [-0.4, -0.2) is 34.3 Å². The monoisotopic (exact) mass is 309 g/mol. The molecular weight excluding hydrogens is 293 g/mol. The van der Waals surface area contributed by atoms with Crippen LogP contribution in [0.15, 0.2) is 18.2 Å². The summed E-state index contributed by atoms with van der Waals surface area (Å²) < 4.78 is 13.5. The lowest BCUT2D eigenvalue weighted by Crippen LogP contribution is -2.48.